The van der Waals surface area contributed by atoms with Gasteiger partial charge in [0.15, 0.2) is 0 Å². The third-order valence-corrected chi connectivity index (χ3v) is 6.77. The lowest BCUT2D eigenvalue weighted by Crippen LogP contribution is -2.32. The van der Waals surface area contributed by atoms with Crippen molar-refractivity contribution in [1.82, 2.24) is 5.32 Å². The standard InChI is InChI=1S/C27H25ClN2O/c1-17(18-7-3-2-4-8-18)29-27(31)24-12-6-11-23-21-9-5-10-22(21)25(30-26(23)24)19-13-15-20(28)16-14-19/h2-9,11-17,21-22,25,30H,10H2,1H3,(H,29,31). The van der Waals surface area contributed by atoms with Gasteiger partial charge >= 0.3 is 0 Å². The van der Waals surface area contributed by atoms with Crippen LogP contribution in [0.2, 0.25) is 5.02 Å². The Labute approximate surface area is 188 Å². The lowest BCUT2D eigenvalue weighted by atomic mass is 9.76. The van der Waals surface area contributed by atoms with Crippen LogP contribution >= 0.6 is 11.6 Å². The summed E-state index contributed by atoms with van der Waals surface area (Å²) in [6.07, 6.45) is 5.58. The number of nitrogens with one attached hydrogen (secondary N) is 2. The number of allylic oxidation sites excluding steroid dienone is 2. The van der Waals surface area contributed by atoms with Crippen LogP contribution in [0.15, 0.2) is 84.9 Å². The number of benzene rings is 3. The number of amides is 1. The zero-order valence-electron chi connectivity index (χ0n) is 17.4. The number of hydrogen-bond donors (Lipinski definition) is 2. The Bertz CT molecular complexity index is 1120. The maximum atomic E-state index is 13.3. The van der Waals surface area contributed by atoms with E-state index in [1.807, 2.05) is 61.5 Å². The number of anilines is 1. The third-order valence-electron chi connectivity index (χ3n) is 6.52. The fourth-order valence-corrected chi connectivity index (χ4v) is 5.04. The lowest BCUT2D eigenvalue weighted by Gasteiger charge is -2.38. The van der Waals surface area contributed by atoms with Gasteiger partial charge in [0.25, 0.3) is 5.91 Å². The summed E-state index contributed by atoms with van der Waals surface area (Å²) in [6, 6.07) is 24.2. The minimum atomic E-state index is -0.0701. The Morgan fingerprint density at radius 2 is 1.81 bits per heavy atom. The number of halogens is 1. The van der Waals surface area contributed by atoms with E-state index in [4.69, 9.17) is 11.6 Å². The smallest absolute Gasteiger partial charge is 0.253 e. The van der Waals surface area contributed by atoms with E-state index < -0.39 is 0 Å². The van der Waals surface area contributed by atoms with E-state index in [2.05, 4.69) is 41.0 Å². The number of fused-ring (bicyclic) bond motifs is 3. The second-order valence-corrected chi connectivity index (χ2v) is 8.84. The van der Waals surface area contributed by atoms with Crippen molar-refractivity contribution in [3.63, 3.8) is 0 Å². The molecule has 0 radical (unpaired) electrons. The quantitative estimate of drug-likeness (QED) is 0.456. The van der Waals surface area contributed by atoms with Crippen molar-refractivity contribution in [2.45, 2.75) is 31.3 Å². The molecule has 1 aliphatic heterocycles. The van der Waals surface area contributed by atoms with E-state index in [1.54, 1.807) is 0 Å². The van der Waals surface area contributed by atoms with Crippen LogP contribution in [0.5, 0.6) is 0 Å². The van der Waals surface area contributed by atoms with Crippen LogP contribution in [-0.2, 0) is 0 Å². The first kappa shape index (κ1) is 19.9. The Morgan fingerprint density at radius 1 is 1.03 bits per heavy atom. The zero-order chi connectivity index (χ0) is 21.4. The molecule has 0 fully saturated rings. The van der Waals surface area contributed by atoms with Crippen molar-refractivity contribution >= 4 is 23.2 Å². The van der Waals surface area contributed by atoms with Crippen LogP contribution in [0.3, 0.4) is 0 Å². The molecule has 3 nitrogen and oxygen atoms in total. The molecular formula is C27H25ClN2O. The molecule has 2 N–H and O–H groups in total. The molecule has 0 saturated carbocycles. The average Bonchev–Trinajstić information content (AvgIpc) is 3.29. The molecule has 0 bridgehead atoms. The maximum Gasteiger partial charge on any atom is 0.253 e. The highest BCUT2D eigenvalue weighted by Gasteiger charge is 2.39. The van der Waals surface area contributed by atoms with Crippen molar-refractivity contribution < 1.29 is 4.79 Å². The number of rotatable bonds is 4. The van der Waals surface area contributed by atoms with E-state index >= 15 is 0 Å². The van der Waals surface area contributed by atoms with Gasteiger partial charge in [-0.2, -0.15) is 0 Å². The number of carbonyl (C=O) groups is 1. The van der Waals surface area contributed by atoms with E-state index in [1.165, 1.54) is 11.1 Å². The van der Waals surface area contributed by atoms with E-state index in [9.17, 15) is 4.79 Å². The van der Waals surface area contributed by atoms with Crippen molar-refractivity contribution in [2.24, 2.45) is 5.92 Å². The highest BCUT2D eigenvalue weighted by molar-refractivity contribution is 6.30. The van der Waals surface area contributed by atoms with E-state index in [0.717, 1.165) is 22.7 Å². The summed E-state index contributed by atoms with van der Waals surface area (Å²) in [4.78, 5) is 13.3. The van der Waals surface area contributed by atoms with Crippen molar-refractivity contribution in [3.05, 3.63) is 112 Å². The molecule has 4 unspecified atom stereocenters. The maximum absolute atomic E-state index is 13.3. The molecule has 2 aliphatic rings. The van der Waals surface area contributed by atoms with Gasteiger partial charge in [0.2, 0.25) is 0 Å². The Kier molecular flexibility index (Phi) is 5.29. The summed E-state index contributed by atoms with van der Waals surface area (Å²) < 4.78 is 0. The summed E-state index contributed by atoms with van der Waals surface area (Å²) in [5.74, 6) is 0.669. The molecule has 31 heavy (non-hydrogen) atoms. The second-order valence-electron chi connectivity index (χ2n) is 8.40. The monoisotopic (exact) mass is 428 g/mol. The third kappa shape index (κ3) is 3.75. The van der Waals surface area contributed by atoms with Gasteiger partial charge in [-0.15, -0.1) is 0 Å². The average molecular weight is 429 g/mol. The molecule has 156 valence electrons. The molecular weight excluding hydrogens is 404 g/mol. The first-order valence-electron chi connectivity index (χ1n) is 10.8. The fraction of sp³-hybridized carbons (Fsp3) is 0.222. The van der Waals surface area contributed by atoms with E-state index in [0.29, 0.717) is 17.4 Å². The van der Waals surface area contributed by atoms with Gasteiger partial charge in [0.05, 0.1) is 23.3 Å². The van der Waals surface area contributed by atoms with Crippen LogP contribution in [-0.4, -0.2) is 5.91 Å². The Hall–Kier alpha value is -3.04. The minimum Gasteiger partial charge on any atom is -0.377 e. The van der Waals surface area contributed by atoms with Crippen LogP contribution in [0.25, 0.3) is 0 Å². The van der Waals surface area contributed by atoms with E-state index in [-0.39, 0.29) is 18.0 Å². The van der Waals surface area contributed by atoms with Crippen LogP contribution in [0.1, 0.15) is 58.4 Å². The van der Waals surface area contributed by atoms with Crippen LogP contribution in [0, 0.1) is 5.92 Å². The summed E-state index contributed by atoms with van der Waals surface area (Å²) >= 11 is 6.12. The lowest BCUT2D eigenvalue weighted by molar-refractivity contribution is 0.0940. The van der Waals surface area contributed by atoms with Gasteiger partial charge in [-0.3, -0.25) is 4.79 Å². The molecule has 5 rings (SSSR count). The van der Waals surface area contributed by atoms with Gasteiger partial charge in [-0.1, -0.05) is 78.4 Å². The SMILES string of the molecule is CC(NC(=O)c1cccc2c1NC(c1ccc(Cl)cc1)C1CC=CC21)c1ccccc1. The Balaban J connectivity index is 1.48. The summed E-state index contributed by atoms with van der Waals surface area (Å²) in [5, 5.41) is 7.63. The van der Waals surface area contributed by atoms with Gasteiger partial charge in [-0.05, 0) is 54.2 Å². The molecule has 4 heteroatoms. The zero-order valence-corrected chi connectivity index (χ0v) is 18.1. The molecule has 4 atom stereocenters. The van der Waals surface area contributed by atoms with Crippen LogP contribution < -0.4 is 10.6 Å². The summed E-state index contributed by atoms with van der Waals surface area (Å²) in [5.41, 5.74) is 5.11. The van der Waals surface area contributed by atoms with Gasteiger partial charge < -0.3 is 10.6 Å². The molecule has 3 aromatic carbocycles. The molecule has 3 aromatic rings. The predicted octanol–water partition coefficient (Wildman–Crippen LogP) is 6.66. The van der Waals surface area contributed by atoms with Gasteiger partial charge in [-0.25, -0.2) is 0 Å². The summed E-state index contributed by atoms with van der Waals surface area (Å²) in [7, 11) is 0. The number of carbonyl (C=O) groups excluding carboxylic acids is 1. The molecule has 0 spiro atoms. The topological polar surface area (TPSA) is 41.1 Å². The van der Waals surface area contributed by atoms with Crippen molar-refractivity contribution in [1.29, 1.82) is 0 Å². The molecule has 1 heterocycles. The first-order valence-corrected chi connectivity index (χ1v) is 11.2. The molecule has 1 amide bonds. The van der Waals surface area contributed by atoms with Crippen LogP contribution in [0.4, 0.5) is 5.69 Å². The minimum absolute atomic E-state index is 0.0593. The first-order chi connectivity index (χ1) is 15.1. The summed E-state index contributed by atoms with van der Waals surface area (Å²) in [6.45, 7) is 2.02. The molecule has 0 saturated heterocycles. The normalized spacial score (nSPS) is 22.2. The molecule has 1 aliphatic carbocycles. The number of hydrogen-bond acceptors (Lipinski definition) is 2. The van der Waals surface area contributed by atoms with Gasteiger partial charge in [0, 0.05) is 10.9 Å². The molecule has 0 aromatic heterocycles. The largest absolute Gasteiger partial charge is 0.377 e. The Morgan fingerprint density at radius 3 is 2.58 bits per heavy atom. The van der Waals surface area contributed by atoms with Crippen molar-refractivity contribution in [2.75, 3.05) is 5.32 Å². The predicted molar refractivity (Wildman–Crippen MR) is 127 cm³/mol. The van der Waals surface area contributed by atoms with Gasteiger partial charge in [0.1, 0.15) is 0 Å². The number of para-hydroxylation sites is 1. The highest BCUT2D eigenvalue weighted by Crippen LogP contribution is 2.50. The fourth-order valence-electron chi connectivity index (χ4n) is 4.91. The van der Waals surface area contributed by atoms with Crippen molar-refractivity contribution in [3.8, 4) is 0 Å². The second kappa shape index (κ2) is 8.24. The highest BCUT2D eigenvalue weighted by atomic mass is 35.5.